The molecule has 0 spiro atoms. The lowest BCUT2D eigenvalue weighted by molar-refractivity contribution is -0.120. The molecule has 2 heterocycles. The Morgan fingerprint density at radius 3 is 2.96 bits per heavy atom. The zero-order valence-electron chi connectivity index (χ0n) is 14.2. The summed E-state index contributed by atoms with van der Waals surface area (Å²) in [6.07, 6.45) is 6.80. The van der Waals surface area contributed by atoms with Gasteiger partial charge in [-0.2, -0.15) is 0 Å². The zero-order chi connectivity index (χ0) is 18.7. The van der Waals surface area contributed by atoms with Crippen molar-refractivity contribution < 1.29 is 4.79 Å². The number of hydrogen-bond acceptors (Lipinski definition) is 5. The second-order valence-electron chi connectivity index (χ2n) is 5.52. The van der Waals surface area contributed by atoms with Gasteiger partial charge in [0.1, 0.15) is 0 Å². The van der Waals surface area contributed by atoms with Crippen LogP contribution >= 0.6 is 11.8 Å². The number of thioether (sulfide) groups is 1. The molecule has 26 heavy (non-hydrogen) atoms. The maximum atomic E-state index is 12.7. The average Bonchev–Trinajstić information content (AvgIpc) is 3.06. The van der Waals surface area contributed by atoms with Crippen molar-refractivity contribution in [1.82, 2.24) is 24.5 Å². The number of rotatable bonds is 6. The molecule has 3 rings (SSSR count). The van der Waals surface area contributed by atoms with Crippen LogP contribution in [0.5, 0.6) is 0 Å². The van der Waals surface area contributed by atoms with Gasteiger partial charge in [0, 0.05) is 6.54 Å². The van der Waals surface area contributed by atoms with E-state index in [9.17, 15) is 9.59 Å². The Balaban J connectivity index is 2.14. The number of para-hydroxylation sites is 1. The number of amides is 1. The van der Waals surface area contributed by atoms with E-state index < -0.39 is 5.25 Å². The molecule has 1 aromatic carbocycles. The van der Waals surface area contributed by atoms with Crippen molar-refractivity contribution in [3.8, 4) is 12.3 Å². The van der Waals surface area contributed by atoms with E-state index >= 15 is 0 Å². The standard InChI is InChI=1S/C18H17N5O2S/c1-4-10-19-15(24)12(3)26-18-21-20-17-22(11-5-2)16(25)13-8-6-7-9-14(13)23(17)18/h1,5-9,12H,2,10-11H2,3H3,(H,19,24). The van der Waals surface area contributed by atoms with Gasteiger partial charge < -0.3 is 5.32 Å². The van der Waals surface area contributed by atoms with Gasteiger partial charge in [-0.3, -0.25) is 18.6 Å². The van der Waals surface area contributed by atoms with Gasteiger partial charge in [-0.25, -0.2) is 0 Å². The van der Waals surface area contributed by atoms with E-state index in [0.29, 0.717) is 28.4 Å². The summed E-state index contributed by atoms with van der Waals surface area (Å²) < 4.78 is 3.30. The lowest BCUT2D eigenvalue weighted by Gasteiger charge is -2.12. The molecule has 7 nitrogen and oxygen atoms in total. The predicted octanol–water partition coefficient (Wildman–Crippen LogP) is 1.46. The van der Waals surface area contributed by atoms with Crippen molar-refractivity contribution in [3.05, 3.63) is 47.3 Å². The molecule has 0 bridgehead atoms. The first-order chi connectivity index (χ1) is 12.6. The van der Waals surface area contributed by atoms with Crippen molar-refractivity contribution in [2.24, 2.45) is 0 Å². The summed E-state index contributed by atoms with van der Waals surface area (Å²) >= 11 is 1.25. The van der Waals surface area contributed by atoms with E-state index in [1.54, 1.807) is 29.5 Å². The van der Waals surface area contributed by atoms with Gasteiger partial charge in [-0.05, 0) is 19.1 Å². The fourth-order valence-corrected chi connectivity index (χ4v) is 3.48. The second kappa shape index (κ2) is 7.45. The number of nitrogens with zero attached hydrogens (tertiary/aromatic N) is 4. The highest BCUT2D eigenvalue weighted by molar-refractivity contribution is 8.00. The van der Waals surface area contributed by atoms with Crippen molar-refractivity contribution in [2.75, 3.05) is 6.54 Å². The summed E-state index contributed by atoms with van der Waals surface area (Å²) in [5.74, 6) is 2.59. The number of carbonyl (C=O) groups excluding carboxylic acids is 1. The van der Waals surface area contributed by atoms with E-state index in [1.807, 2.05) is 12.1 Å². The van der Waals surface area contributed by atoms with Crippen LogP contribution in [0.4, 0.5) is 0 Å². The molecule has 0 radical (unpaired) electrons. The highest BCUT2D eigenvalue weighted by Crippen LogP contribution is 2.25. The molecule has 2 aromatic heterocycles. The summed E-state index contributed by atoms with van der Waals surface area (Å²) in [6.45, 7) is 5.95. The smallest absolute Gasteiger partial charge is 0.263 e. The number of carbonyl (C=O) groups is 1. The molecular weight excluding hydrogens is 350 g/mol. The number of terminal acetylenes is 1. The van der Waals surface area contributed by atoms with Crippen LogP contribution in [-0.2, 0) is 11.3 Å². The van der Waals surface area contributed by atoms with Crippen molar-refractivity contribution in [1.29, 1.82) is 0 Å². The first kappa shape index (κ1) is 17.8. The first-order valence-electron chi connectivity index (χ1n) is 7.94. The summed E-state index contributed by atoms with van der Waals surface area (Å²) in [6, 6.07) is 7.24. The molecule has 8 heteroatoms. The Bertz CT molecular complexity index is 1090. The van der Waals surface area contributed by atoms with Gasteiger partial charge >= 0.3 is 0 Å². The fourth-order valence-electron chi connectivity index (χ4n) is 2.60. The van der Waals surface area contributed by atoms with Crippen LogP contribution in [0.1, 0.15) is 6.92 Å². The molecule has 0 saturated heterocycles. The molecule has 1 amide bonds. The topological polar surface area (TPSA) is 81.3 Å². The van der Waals surface area contributed by atoms with Crippen molar-refractivity contribution >= 4 is 34.3 Å². The molecule has 0 aliphatic carbocycles. The Labute approximate surface area is 154 Å². The molecule has 3 aromatic rings. The second-order valence-corrected chi connectivity index (χ2v) is 6.83. The Kier molecular flexibility index (Phi) is 5.09. The monoisotopic (exact) mass is 367 g/mol. The third-order valence-corrected chi connectivity index (χ3v) is 4.85. The van der Waals surface area contributed by atoms with Crippen molar-refractivity contribution in [3.63, 3.8) is 0 Å². The fraction of sp³-hybridized carbons (Fsp3) is 0.222. The lowest BCUT2D eigenvalue weighted by Crippen LogP contribution is -2.31. The Hall–Kier alpha value is -3.05. The number of hydrogen-bond donors (Lipinski definition) is 1. The summed E-state index contributed by atoms with van der Waals surface area (Å²) in [5.41, 5.74) is 0.535. The number of fused-ring (bicyclic) bond motifs is 3. The average molecular weight is 367 g/mol. The minimum atomic E-state index is -0.422. The van der Waals surface area contributed by atoms with E-state index in [-0.39, 0.29) is 18.0 Å². The minimum Gasteiger partial charge on any atom is -0.344 e. The first-order valence-corrected chi connectivity index (χ1v) is 8.81. The van der Waals surface area contributed by atoms with Crippen LogP contribution < -0.4 is 10.9 Å². The third kappa shape index (κ3) is 3.09. The van der Waals surface area contributed by atoms with Gasteiger partial charge in [-0.1, -0.05) is 35.9 Å². The molecule has 0 aliphatic rings. The molecule has 0 saturated carbocycles. The maximum Gasteiger partial charge on any atom is 0.263 e. The van der Waals surface area contributed by atoms with E-state index in [2.05, 4.69) is 28.0 Å². The summed E-state index contributed by atoms with van der Waals surface area (Å²) in [4.78, 5) is 24.8. The Morgan fingerprint density at radius 1 is 1.46 bits per heavy atom. The van der Waals surface area contributed by atoms with Crippen LogP contribution in [0.2, 0.25) is 0 Å². The number of nitrogens with one attached hydrogen (secondary N) is 1. The number of benzene rings is 1. The predicted molar refractivity (Wildman–Crippen MR) is 102 cm³/mol. The molecular formula is C18H17N5O2S. The number of aromatic nitrogens is 4. The molecule has 1 N–H and O–H groups in total. The third-order valence-electron chi connectivity index (χ3n) is 3.81. The Morgan fingerprint density at radius 2 is 2.23 bits per heavy atom. The maximum absolute atomic E-state index is 12.7. The van der Waals surface area contributed by atoms with E-state index in [0.717, 1.165) is 0 Å². The van der Waals surface area contributed by atoms with Crippen LogP contribution in [0.3, 0.4) is 0 Å². The van der Waals surface area contributed by atoms with E-state index in [4.69, 9.17) is 6.42 Å². The van der Waals surface area contributed by atoms with Crippen LogP contribution in [-0.4, -0.2) is 36.9 Å². The molecule has 0 fully saturated rings. The minimum absolute atomic E-state index is 0.156. The zero-order valence-corrected chi connectivity index (χ0v) is 15.0. The van der Waals surface area contributed by atoms with Crippen LogP contribution in [0.15, 0.2) is 46.9 Å². The highest BCUT2D eigenvalue weighted by atomic mass is 32.2. The van der Waals surface area contributed by atoms with Gasteiger partial charge in [-0.15, -0.1) is 23.2 Å². The molecule has 1 atom stereocenters. The van der Waals surface area contributed by atoms with Gasteiger partial charge in [0.05, 0.1) is 22.7 Å². The van der Waals surface area contributed by atoms with Crippen LogP contribution in [0, 0.1) is 12.3 Å². The molecule has 132 valence electrons. The van der Waals surface area contributed by atoms with Gasteiger partial charge in [0.15, 0.2) is 5.16 Å². The summed E-state index contributed by atoms with van der Waals surface area (Å²) in [5, 5.41) is 11.7. The summed E-state index contributed by atoms with van der Waals surface area (Å²) in [7, 11) is 0. The normalized spacial score (nSPS) is 12.0. The number of allylic oxidation sites excluding steroid dienone is 1. The molecule has 0 aliphatic heterocycles. The van der Waals surface area contributed by atoms with Gasteiger partial charge in [0.25, 0.3) is 5.56 Å². The van der Waals surface area contributed by atoms with Crippen LogP contribution in [0.25, 0.3) is 16.7 Å². The lowest BCUT2D eigenvalue weighted by atomic mass is 10.2. The van der Waals surface area contributed by atoms with Gasteiger partial charge in [0.2, 0.25) is 11.7 Å². The SMILES string of the molecule is C#CCNC(=O)C(C)Sc1nnc2n(CC=C)c(=O)c3ccccc3n12. The quantitative estimate of drug-likeness (QED) is 0.405. The highest BCUT2D eigenvalue weighted by Gasteiger charge is 2.20. The van der Waals surface area contributed by atoms with E-state index in [1.165, 1.54) is 16.3 Å². The molecule has 1 unspecified atom stereocenters. The largest absolute Gasteiger partial charge is 0.344 e. The van der Waals surface area contributed by atoms with Crippen molar-refractivity contribution in [2.45, 2.75) is 23.9 Å².